The molecule has 0 unspecified atom stereocenters. The number of nitrogen functional groups attached to an aromatic ring is 1. The van der Waals surface area contributed by atoms with Gasteiger partial charge in [-0.1, -0.05) is 0 Å². The molecule has 0 aliphatic heterocycles. The van der Waals surface area contributed by atoms with Crippen LogP contribution in [0.25, 0.3) is 0 Å². The van der Waals surface area contributed by atoms with E-state index in [9.17, 15) is 4.79 Å². The van der Waals surface area contributed by atoms with E-state index in [1.165, 1.54) is 7.11 Å². The second kappa shape index (κ2) is 6.10. The van der Waals surface area contributed by atoms with Gasteiger partial charge in [-0.15, -0.1) is 0 Å². The van der Waals surface area contributed by atoms with Gasteiger partial charge in [0.25, 0.3) is 0 Å². The van der Waals surface area contributed by atoms with Crippen LogP contribution in [0.15, 0.2) is 18.2 Å². The van der Waals surface area contributed by atoms with Crippen LogP contribution in [0.4, 0.5) is 11.4 Å². The average molecular weight is 238 g/mol. The van der Waals surface area contributed by atoms with Crippen molar-refractivity contribution in [3.05, 3.63) is 23.8 Å². The highest BCUT2D eigenvalue weighted by atomic mass is 16.5. The van der Waals surface area contributed by atoms with Gasteiger partial charge in [0, 0.05) is 26.4 Å². The molecule has 2 N–H and O–H groups in total. The minimum atomic E-state index is -0.392. The lowest BCUT2D eigenvalue weighted by Gasteiger charge is -2.21. The van der Waals surface area contributed by atoms with E-state index in [4.69, 9.17) is 15.2 Å². The first-order valence-corrected chi connectivity index (χ1v) is 5.28. The van der Waals surface area contributed by atoms with Gasteiger partial charge in [0.05, 0.1) is 25.0 Å². The first-order valence-electron chi connectivity index (χ1n) is 5.28. The second-order valence-corrected chi connectivity index (χ2v) is 3.68. The summed E-state index contributed by atoms with van der Waals surface area (Å²) in [6, 6.07) is 5.17. The van der Waals surface area contributed by atoms with Crippen molar-refractivity contribution in [1.29, 1.82) is 0 Å². The molecule has 0 radical (unpaired) electrons. The number of methoxy groups -OCH3 is 2. The summed E-state index contributed by atoms with van der Waals surface area (Å²) in [6.45, 7) is 1.27. The maximum absolute atomic E-state index is 11.6. The van der Waals surface area contributed by atoms with Crippen molar-refractivity contribution in [1.82, 2.24) is 0 Å². The Labute approximate surface area is 101 Å². The number of likely N-dealkylation sites (N-methyl/N-ethyl adjacent to an activating group) is 1. The molecule has 0 spiro atoms. The lowest BCUT2D eigenvalue weighted by Crippen LogP contribution is -2.24. The lowest BCUT2D eigenvalue weighted by molar-refractivity contribution is 0.0601. The summed E-state index contributed by atoms with van der Waals surface area (Å²) < 4.78 is 9.74. The molecule has 17 heavy (non-hydrogen) atoms. The Morgan fingerprint density at radius 1 is 1.41 bits per heavy atom. The molecule has 1 rings (SSSR count). The van der Waals surface area contributed by atoms with Crippen LogP contribution >= 0.6 is 0 Å². The summed E-state index contributed by atoms with van der Waals surface area (Å²) in [5.74, 6) is -0.392. The van der Waals surface area contributed by atoms with Gasteiger partial charge in [0.15, 0.2) is 0 Å². The molecular formula is C12H18N2O3. The Morgan fingerprint density at radius 3 is 2.71 bits per heavy atom. The van der Waals surface area contributed by atoms with E-state index < -0.39 is 5.97 Å². The number of benzene rings is 1. The quantitative estimate of drug-likeness (QED) is 0.615. The summed E-state index contributed by atoms with van der Waals surface area (Å²) in [5.41, 5.74) is 7.45. The molecule has 5 nitrogen and oxygen atoms in total. The number of ether oxygens (including phenoxy) is 2. The largest absolute Gasteiger partial charge is 0.465 e. The molecule has 0 bridgehead atoms. The number of hydrogen-bond donors (Lipinski definition) is 1. The van der Waals surface area contributed by atoms with Crippen molar-refractivity contribution in [3.8, 4) is 0 Å². The van der Waals surface area contributed by atoms with E-state index in [-0.39, 0.29) is 0 Å². The van der Waals surface area contributed by atoms with E-state index in [2.05, 4.69) is 0 Å². The minimum absolute atomic E-state index is 0.392. The first-order chi connectivity index (χ1) is 8.10. The number of anilines is 2. The Bertz CT molecular complexity index is 393. The monoisotopic (exact) mass is 238 g/mol. The Hall–Kier alpha value is -1.75. The van der Waals surface area contributed by atoms with Crippen molar-refractivity contribution in [2.45, 2.75) is 0 Å². The Balaban J connectivity index is 3.01. The minimum Gasteiger partial charge on any atom is -0.465 e. The van der Waals surface area contributed by atoms with Crippen LogP contribution in [0.2, 0.25) is 0 Å². The maximum atomic E-state index is 11.6. The van der Waals surface area contributed by atoms with Gasteiger partial charge in [-0.05, 0) is 18.2 Å². The third-order valence-electron chi connectivity index (χ3n) is 2.47. The molecule has 0 aromatic heterocycles. The van der Waals surface area contributed by atoms with E-state index in [1.807, 2.05) is 11.9 Å². The highest BCUT2D eigenvalue weighted by Crippen LogP contribution is 2.22. The van der Waals surface area contributed by atoms with Crippen LogP contribution in [0, 0.1) is 0 Å². The van der Waals surface area contributed by atoms with Crippen LogP contribution in [-0.2, 0) is 9.47 Å². The fourth-order valence-corrected chi connectivity index (χ4v) is 1.51. The molecule has 0 heterocycles. The molecule has 1 aromatic rings. The van der Waals surface area contributed by atoms with E-state index >= 15 is 0 Å². The summed E-state index contributed by atoms with van der Waals surface area (Å²) >= 11 is 0. The summed E-state index contributed by atoms with van der Waals surface area (Å²) in [6.07, 6.45) is 0. The van der Waals surface area contributed by atoms with Crippen molar-refractivity contribution in [3.63, 3.8) is 0 Å². The third-order valence-corrected chi connectivity index (χ3v) is 2.47. The molecule has 1 aromatic carbocycles. The van der Waals surface area contributed by atoms with Crippen LogP contribution in [0.1, 0.15) is 10.4 Å². The molecule has 0 fully saturated rings. The Kier molecular flexibility index (Phi) is 4.78. The number of nitrogens with zero attached hydrogens (tertiary/aromatic N) is 1. The predicted molar refractivity (Wildman–Crippen MR) is 67.3 cm³/mol. The first kappa shape index (κ1) is 13.3. The Morgan fingerprint density at radius 2 is 2.12 bits per heavy atom. The van der Waals surface area contributed by atoms with Crippen LogP contribution < -0.4 is 10.6 Å². The van der Waals surface area contributed by atoms with Gasteiger partial charge >= 0.3 is 5.97 Å². The van der Waals surface area contributed by atoms with Crippen LogP contribution in [0.3, 0.4) is 0 Å². The van der Waals surface area contributed by atoms with E-state index in [1.54, 1.807) is 25.3 Å². The summed E-state index contributed by atoms with van der Waals surface area (Å²) in [5, 5.41) is 0. The fraction of sp³-hybridized carbons (Fsp3) is 0.417. The van der Waals surface area contributed by atoms with E-state index in [0.29, 0.717) is 24.4 Å². The van der Waals surface area contributed by atoms with Crippen molar-refractivity contribution in [2.75, 3.05) is 45.1 Å². The number of rotatable bonds is 5. The maximum Gasteiger partial charge on any atom is 0.340 e. The lowest BCUT2D eigenvalue weighted by atomic mass is 10.1. The van der Waals surface area contributed by atoms with Crippen LogP contribution in [0.5, 0.6) is 0 Å². The van der Waals surface area contributed by atoms with Crippen molar-refractivity contribution >= 4 is 17.3 Å². The van der Waals surface area contributed by atoms with Gasteiger partial charge in [0.2, 0.25) is 0 Å². The molecule has 0 atom stereocenters. The number of esters is 1. The SMILES string of the molecule is COCCN(C)c1ccc(N)cc1C(=O)OC. The standard InChI is InChI=1S/C12H18N2O3/c1-14(6-7-16-2)11-5-4-9(13)8-10(11)12(15)17-3/h4-5,8H,6-7,13H2,1-3H3. The molecule has 0 aliphatic rings. The van der Waals surface area contributed by atoms with Crippen molar-refractivity contribution in [2.24, 2.45) is 0 Å². The molecule has 0 saturated heterocycles. The van der Waals surface area contributed by atoms with Gasteiger partial charge in [-0.25, -0.2) is 4.79 Å². The van der Waals surface area contributed by atoms with Gasteiger partial charge in [0.1, 0.15) is 0 Å². The van der Waals surface area contributed by atoms with Crippen molar-refractivity contribution < 1.29 is 14.3 Å². The van der Waals surface area contributed by atoms with Gasteiger partial charge < -0.3 is 20.1 Å². The van der Waals surface area contributed by atoms with Gasteiger partial charge in [-0.3, -0.25) is 0 Å². The van der Waals surface area contributed by atoms with Gasteiger partial charge in [-0.2, -0.15) is 0 Å². The molecule has 0 aliphatic carbocycles. The second-order valence-electron chi connectivity index (χ2n) is 3.68. The zero-order chi connectivity index (χ0) is 12.8. The zero-order valence-electron chi connectivity index (χ0n) is 10.4. The smallest absolute Gasteiger partial charge is 0.340 e. The normalized spacial score (nSPS) is 10.1. The number of carbonyl (C=O) groups excluding carboxylic acids is 1. The topological polar surface area (TPSA) is 64.8 Å². The molecule has 0 saturated carbocycles. The highest BCUT2D eigenvalue weighted by Gasteiger charge is 2.15. The highest BCUT2D eigenvalue weighted by molar-refractivity contribution is 5.96. The molecule has 5 heteroatoms. The fourth-order valence-electron chi connectivity index (χ4n) is 1.51. The zero-order valence-corrected chi connectivity index (χ0v) is 10.4. The summed E-state index contributed by atoms with van der Waals surface area (Å²) in [7, 11) is 4.87. The molecular weight excluding hydrogens is 220 g/mol. The number of carbonyl (C=O) groups is 1. The average Bonchev–Trinajstić information content (AvgIpc) is 2.34. The number of nitrogens with two attached hydrogens (primary N) is 1. The molecule has 0 amide bonds. The number of hydrogen-bond acceptors (Lipinski definition) is 5. The predicted octanol–water partition coefficient (Wildman–Crippen LogP) is 1.14. The molecule has 94 valence electrons. The van der Waals surface area contributed by atoms with Crippen LogP contribution in [-0.4, -0.2) is 40.4 Å². The summed E-state index contributed by atoms with van der Waals surface area (Å²) in [4.78, 5) is 13.6. The van der Waals surface area contributed by atoms with E-state index in [0.717, 1.165) is 5.69 Å². The third kappa shape index (κ3) is 3.35.